The van der Waals surface area contributed by atoms with Crippen molar-refractivity contribution in [3.63, 3.8) is 0 Å². The number of hydrogen-bond donors (Lipinski definition) is 1. The molecule has 0 bridgehead atoms. The third kappa shape index (κ3) is 7.99. The second kappa shape index (κ2) is 14.0. The van der Waals surface area contributed by atoms with Crippen LogP contribution in [0.5, 0.6) is 0 Å². The van der Waals surface area contributed by atoms with E-state index in [4.69, 9.17) is 23.2 Å². The van der Waals surface area contributed by atoms with Gasteiger partial charge in [-0.15, -0.1) is 0 Å². The predicted molar refractivity (Wildman–Crippen MR) is 161 cm³/mol. The van der Waals surface area contributed by atoms with E-state index in [1.54, 1.807) is 54.6 Å². The van der Waals surface area contributed by atoms with Gasteiger partial charge in [-0.25, -0.2) is 8.42 Å². The number of carbonyl (C=O) groups excluding carboxylic acids is 2. The zero-order valence-electron chi connectivity index (χ0n) is 23.1. The molecule has 0 aliphatic heterocycles. The zero-order chi connectivity index (χ0) is 29.4. The lowest BCUT2D eigenvalue weighted by Crippen LogP contribution is -2.53. The first-order valence-corrected chi connectivity index (χ1v) is 15.3. The Kier molecular flexibility index (Phi) is 11.0. The fourth-order valence-corrected chi connectivity index (χ4v) is 5.86. The van der Waals surface area contributed by atoms with E-state index < -0.39 is 28.5 Å². The van der Waals surface area contributed by atoms with E-state index in [0.29, 0.717) is 16.5 Å². The predicted octanol–water partition coefficient (Wildman–Crippen LogP) is 6.22. The maximum atomic E-state index is 14.1. The Morgan fingerprint density at radius 3 is 2.12 bits per heavy atom. The maximum absolute atomic E-state index is 14.1. The fraction of sp³-hybridized carbons (Fsp3) is 0.333. The summed E-state index contributed by atoms with van der Waals surface area (Å²) in [6, 6.07) is 18.8. The minimum atomic E-state index is -4.16. The summed E-state index contributed by atoms with van der Waals surface area (Å²) in [5.74, 6) is -0.827. The molecule has 40 heavy (non-hydrogen) atoms. The SMILES string of the molecule is CC[C@H](C)NC(=O)[C@H](CC)N(Cc1ccc(Cl)cc1)C(=O)CN(c1cccc(Cl)c1)S(=O)(=O)c1ccc(C)cc1. The number of anilines is 1. The van der Waals surface area contributed by atoms with Crippen LogP contribution in [0.4, 0.5) is 5.69 Å². The Balaban J connectivity index is 2.05. The molecule has 1 N–H and O–H groups in total. The monoisotopic (exact) mass is 603 g/mol. The Morgan fingerprint density at radius 2 is 1.55 bits per heavy atom. The van der Waals surface area contributed by atoms with Crippen LogP contribution < -0.4 is 9.62 Å². The van der Waals surface area contributed by atoms with Crippen LogP contribution in [-0.4, -0.2) is 43.8 Å². The van der Waals surface area contributed by atoms with Crippen molar-refractivity contribution in [2.24, 2.45) is 0 Å². The zero-order valence-corrected chi connectivity index (χ0v) is 25.4. The Morgan fingerprint density at radius 1 is 0.900 bits per heavy atom. The Bertz CT molecular complexity index is 1410. The number of hydrogen-bond acceptors (Lipinski definition) is 4. The number of carbonyl (C=O) groups is 2. The molecular formula is C30H35Cl2N3O4S. The standard InChI is InChI=1S/C30H35Cl2N3O4S/c1-5-22(4)33-30(37)28(6-2)34(19-23-12-14-24(31)15-13-23)29(36)20-35(26-9-7-8-25(32)18-26)40(38,39)27-16-10-21(3)11-17-27/h7-18,22,28H,5-6,19-20H2,1-4H3,(H,33,37)/t22-,28-/m0/s1. The topological polar surface area (TPSA) is 86.8 Å². The third-order valence-corrected chi connectivity index (χ3v) is 8.91. The van der Waals surface area contributed by atoms with Gasteiger partial charge >= 0.3 is 0 Å². The number of amides is 2. The van der Waals surface area contributed by atoms with E-state index in [1.165, 1.54) is 23.1 Å². The van der Waals surface area contributed by atoms with Gasteiger partial charge in [0.1, 0.15) is 12.6 Å². The van der Waals surface area contributed by atoms with Gasteiger partial charge in [0.05, 0.1) is 10.6 Å². The van der Waals surface area contributed by atoms with Crippen molar-refractivity contribution in [3.8, 4) is 0 Å². The highest BCUT2D eigenvalue weighted by Gasteiger charge is 2.34. The molecule has 2 amide bonds. The molecule has 0 saturated heterocycles. The molecule has 3 aromatic carbocycles. The van der Waals surface area contributed by atoms with E-state index in [2.05, 4.69) is 5.32 Å². The molecule has 0 radical (unpaired) electrons. The molecule has 214 valence electrons. The minimum Gasteiger partial charge on any atom is -0.352 e. The molecule has 0 fully saturated rings. The summed E-state index contributed by atoms with van der Waals surface area (Å²) in [6.07, 6.45) is 1.06. The van der Waals surface area contributed by atoms with Crippen molar-refractivity contribution < 1.29 is 18.0 Å². The van der Waals surface area contributed by atoms with Gasteiger partial charge in [0.25, 0.3) is 10.0 Å². The van der Waals surface area contributed by atoms with E-state index >= 15 is 0 Å². The second-order valence-electron chi connectivity index (χ2n) is 9.69. The summed E-state index contributed by atoms with van der Waals surface area (Å²) in [5, 5.41) is 3.83. The first-order chi connectivity index (χ1) is 19.0. The molecular weight excluding hydrogens is 569 g/mol. The molecule has 7 nitrogen and oxygen atoms in total. The van der Waals surface area contributed by atoms with Crippen LogP contribution in [-0.2, 0) is 26.2 Å². The molecule has 0 heterocycles. The second-order valence-corrected chi connectivity index (χ2v) is 12.4. The van der Waals surface area contributed by atoms with Gasteiger partial charge in [-0.05, 0) is 74.7 Å². The van der Waals surface area contributed by atoms with Gasteiger partial charge < -0.3 is 10.2 Å². The lowest BCUT2D eigenvalue weighted by Gasteiger charge is -2.33. The molecule has 2 atom stereocenters. The Labute approximate surface area is 247 Å². The molecule has 0 unspecified atom stereocenters. The summed E-state index contributed by atoms with van der Waals surface area (Å²) in [5.41, 5.74) is 1.89. The van der Waals surface area contributed by atoms with Crippen LogP contribution in [0.15, 0.2) is 77.7 Å². The normalized spacial score (nSPS) is 12.8. The van der Waals surface area contributed by atoms with Crippen LogP contribution in [0.2, 0.25) is 10.0 Å². The molecule has 10 heteroatoms. The smallest absolute Gasteiger partial charge is 0.264 e. The van der Waals surface area contributed by atoms with Crippen LogP contribution in [0, 0.1) is 6.92 Å². The van der Waals surface area contributed by atoms with E-state index in [0.717, 1.165) is 21.9 Å². The van der Waals surface area contributed by atoms with E-state index in [9.17, 15) is 18.0 Å². The number of halogens is 2. The Hall–Kier alpha value is -3.07. The summed E-state index contributed by atoms with van der Waals surface area (Å²) in [4.78, 5) is 28.8. The van der Waals surface area contributed by atoms with Gasteiger partial charge in [0.15, 0.2) is 0 Å². The number of rotatable bonds is 12. The molecule has 0 aromatic heterocycles. The number of benzene rings is 3. The molecule has 0 aliphatic rings. The van der Waals surface area contributed by atoms with E-state index in [-0.39, 0.29) is 29.1 Å². The lowest BCUT2D eigenvalue weighted by molar-refractivity contribution is -0.140. The van der Waals surface area contributed by atoms with Gasteiger partial charge in [-0.3, -0.25) is 13.9 Å². The number of sulfonamides is 1. The first-order valence-electron chi connectivity index (χ1n) is 13.2. The fourth-order valence-electron chi connectivity index (χ4n) is 4.14. The maximum Gasteiger partial charge on any atom is 0.264 e. The summed E-state index contributed by atoms with van der Waals surface area (Å²) in [6.45, 7) is 7.10. The molecule has 0 spiro atoms. The summed E-state index contributed by atoms with van der Waals surface area (Å²) < 4.78 is 28.8. The van der Waals surface area contributed by atoms with Gasteiger partial charge in [-0.2, -0.15) is 0 Å². The molecule has 3 aromatic rings. The molecule has 0 saturated carbocycles. The first kappa shape index (κ1) is 31.5. The van der Waals surface area contributed by atoms with Crippen molar-refractivity contribution in [2.75, 3.05) is 10.8 Å². The van der Waals surface area contributed by atoms with Crippen LogP contribution >= 0.6 is 23.2 Å². The summed E-state index contributed by atoms with van der Waals surface area (Å²) >= 11 is 12.3. The molecule has 3 rings (SSSR count). The van der Waals surface area contributed by atoms with Gasteiger partial charge in [0.2, 0.25) is 11.8 Å². The largest absolute Gasteiger partial charge is 0.352 e. The van der Waals surface area contributed by atoms with Crippen molar-refractivity contribution in [2.45, 2.75) is 64.1 Å². The highest BCUT2D eigenvalue weighted by atomic mass is 35.5. The number of nitrogens with one attached hydrogen (secondary N) is 1. The number of nitrogens with zero attached hydrogens (tertiary/aromatic N) is 2. The van der Waals surface area contributed by atoms with Crippen LogP contribution in [0.1, 0.15) is 44.7 Å². The minimum absolute atomic E-state index is 0.0386. The average Bonchev–Trinajstić information content (AvgIpc) is 2.92. The average molecular weight is 605 g/mol. The summed E-state index contributed by atoms with van der Waals surface area (Å²) in [7, 11) is -4.16. The van der Waals surface area contributed by atoms with Crippen LogP contribution in [0.25, 0.3) is 0 Å². The van der Waals surface area contributed by atoms with Crippen molar-refractivity contribution in [1.82, 2.24) is 10.2 Å². The van der Waals surface area contributed by atoms with E-state index in [1.807, 2.05) is 27.7 Å². The van der Waals surface area contributed by atoms with Crippen molar-refractivity contribution in [3.05, 3.63) is 94.0 Å². The van der Waals surface area contributed by atoms with Crippen molar-refractivity contribution in [1.29, 1.82) is 0 Å². The van der Waals surface area contributed by atoms with Crippen molar-refractivity contribution >= 4 is 50.7 Å². The lowest BCUT2D eigenvalue weighted by atomic mass is 10.1. The van der Waals surface area contributed by atoms with Crippen LogP contribution in [0.3, 0.4) is 0 Å². The van der Waals surface area contributed by atoms with Gasteiger partial charge in [-0.1, -0.05) is 72.9 Å². The third-order valence-electron chi connectivity index (χ3n) is 6.64. The highest BCUT2D eigenvalue weighted by Crippen LogP contribution is 2.27. The highest BCUT2D eigenvalue weighted by molar-refractivity contribution is 7.92. The molecule has 0 aliphatic carbocycles. The van der Waals surface area contributed by atoms with Gasteiger partial charge in [0, 0.05) is 22.6 Å². The number of aryl methyl sites for hydroxylation is 1. The quantitative estimate of drug-likeness (QED) is 0.266.